The van der Waals surface area contributed by atoms with E-state index in [1.807, 2.05) is 0 Å². The highest BCUT2D eigenvalue weighted by Crippen LogP contribution is 2.26. The highest BCUT2D eigenvalue weighted by Gasteiger charge is 2.24. The molecule has 0 radical (unpaired) electrons. The molecule has 0 aliphatic heterocycles. The van der Waals surface area contributed by atoms with Gasteiger partial charge >= 0.3 is 0 Å². The number of benzene rings is 2. The Hall–Kier alpha value is -2.87. The smallest absolute Gasteiger partial charge is 0.200 e. The first kappa shape index (κ1) is 18.9. The Labute approximate surface area is 153 Å². The summed E-state index contributed by atoms with van der Waals surface area (Å²) in [5.74, 6) is -10.2. The van der Waals surface area contributed by atoms with Crippen molar-refractivity contribution in [2.75, 3.05) is 0 Å². The summed E-state index contributed by atoms with van der Waals surface area (Å²) in [4.78, 5) is 4.26. The van der Waals surface area contributed by atoms with Crippen LogP contribution in [0.1, 0.15) is 11.1 Å². The van der Waals surface area contributed by atoms with E-state index in [0.29, 0.717) is 0 Å². The van der Waals surface area contributed by atoms with Crippen LogP contribution < -0.4 is 0 Å². The number of nitrogens with zero attached hydrogens (tertiary/aromatic N) is 1. The van der Waals surface area contributed by atoms with E-state index in [9.17, 15) is 26.2 Å². The third-order valence-electron chi connectivity index (χ3n) is 3.62. The van der Waals surface area contributed by atoms with Gasteiger partial charge < -0.3 is 0 Å². The maximum absolute atomic E-state index is 13.8. The van der Waals surface area contributed by atoms with Crippen LogP contribution >= 0.6 is 0 Å². The lowest BCUT2D eigenvalue weighted by Gasteiger charge is -2.07. The zero-order valence-corrected chi connectivity index (χ0v) is 14.2. The SMILES string of the molecule is O=S(c1ccccn1)c1ccccc1/C=C/c1c(F)c(F)c(F)c(F)c1F. The van der Waals surface area contributed by atoms with Crippen molar-refractivity contribution in [3.05, 3.63) is 88.9 Å². The lowest BCUT2D eigenvalue weighted by molar-refractivity contribution is 0.377. The Kier molecular flexibility index (Phi) is 5.46. The van der Waals surface area contributed by atoms with Crippen LogP contribution in [-0.2, 0) is 10.8 Å². The molecule has 8 heteroatoms. The molecule has 0 aliphatic carbocycles. The van der Waals surface area contributed by atoms with E-state index >= 15 is 0 Å². The van der Waals surface area contributed by atoms with Crippen LogP contribution in [0.4, 0.5) is 22.0 Å². The molecule has 2 aromatic carbocycles. The minimum Gasteiger partial charge on any atom is -0.247 e. The molecule has 0 bridgehead atoms. The Morgan fingerprint density at radius 3 is 1.96 bits per heavy atom. The molecular formula is C19H10F5NOS. The van der Waals surface area contributed by atoms with Gasteiger partial charge in [0.15, 0.2) is 23.3 Å². The van der Waals surface area contributed by atoms with Crippen LogP contribution in [-0.4, -0.2) is 9.19 Å². The van der Waals surface area contributed by atoms with Gasteiger partial charge in [-0.15, -0.1) is 0 Å². The topological polar surface area (TPSA) is 30.0 Å². The molecule has 0 aliphatic rings. The number of pyridine rings is 1. The van der Waals surface area contributed by atoms with Crippen molar-refractivity contribution in [2.24, 2.45) is 0 Å². The highest BCUT2D eigenvalue weighted by atomic mass is 32.2. The van der Waals surface area contributed by atoms with Gasteiger partial charge in [-0.2, -0.15) is 0 Å². The molecular weight excluding hydrogens is 385 g/mol. The van der Waals surface area contributed by atoms with E-state index in [1.54, 1.807) is 30.3 Å². The predicted octanol–water partition coefficient (Wildman–Crippen LogP) is 5.11. The normalized spacial score (nSPS) is 12.5. The fourth-order valence-electron chi connectivity index (χ4n) is 2.30. The Bertz CT molecular complexity index is 1020. The first-order valence-electron chi connectivity index (χ1n) is 7.53. The van der Waals surface area contributed by atoms with Crippen molar-refractivity contribution in [2.45, 2.75) is 9.92 Å². The van der Waals surface area contributed by atoms with Gasteiger partial charge in [-0.3, -0.25) is 0 Å². The summed E-state index contributed by atoms with van der Waals surface area (Å²) in [5.41, 5.74) is -0.796. The van der Waals surface area contributed by atoms with Gasteiger partial charge in [0.25, 0.3) is 0 Å². The summed E-state index contributed by atoms with van der Waals surface area (Å²) in [6.45, 7) is 0. The Morgan fingerprint density at radius 1 is 0.741 bits per heavy atom. The van der Waals surface area contributed by atoms with Gasteiger partial charge in [0.1, 0.15) is 15.8 Å². The quantitative estimate of drug-likeness (QED) is 0.266. The Morgan fingerprint density at radius 2 is 1.33 bits per heavy atom. The summed E-state index contributed by atoms with van der Waals surface area (Å²) in [5, 5.41) is 0.259. The average Bonchev–Trinajstić information content (AvgIpc) is 2.71. The lowest BCUT2D eigenvalue weighted by Crippen LogP contribution is -2.04. The summed E-state index contributed by atoms with van der Waals surface area (Å²) >= 11 is 0. The van der Waals surface area contributed by atoms with Crippen molar-refractivity contribution >= 4 is 23.0 Å². The summed E-state index contributed by atoms with van der Waals surface area (Å²) < 4.78 is 80.0. The van der Waals surface area contributed by atoms with Gasteiger partial charge in [0.05, 0.1) is 10.5 Å². The molecule has 3 rings (SSSR count). The molecule has 1 aromatic heterocycles. The number of hydrogen-bond acceptors (Lipinski definition) is 2. The molecule has 1 atom stereocenters. The molecule has 0 saturated heterocycles. The predicted molar refractivity (Wildman–Crippen MR) is 90.5 cm³/mol. The standard InChI is InChI=1S/C19H10F5NOS/c20-15-12(16(21)18(23)19(24)17(15)22)9-8-11-5-1-2-6-13(11)27(26)14-7-3-4-10-25-14/h1-10H/b9-8+. The third kappa shape index (κ3) is 3.66. The summed E-state index contributed by atoms with van der Waals surface area (Å²) in [7, 11) is -1.70. The van der Waals surface area contributed by atoms with E-state index in [0.717, 1.165) is 12.2 Å². The largest absolute Gasteiger partial charge is 0.247 e. The number of rotatable bonds is 4. The van der Waals surface area contributed by atoms with Crippen molar-refractivity contribution in [3.8, 4) is 0 Å². The molecule has 1 heterocycles. The third-order valence-corrected chi connectivity index (χ3v) is 5.01. The molecule has 2 nitrogen and oxygen atoms in total. The zero-order valence-electron chi connectivity index (χ0n) is 13.4. The second kappa shape index (κ2) is 7.79. The van der Waals surface area contributed by atoms with E-state index in [1.165, 1.54) is 18.3 Å². The number of hydrogen-bond donors (Lipinski definition) is 0. The first-order valence-corrected chi connectivity index (χ1v) is 8.68. The molecule has 0 fully saturated rings. The lowest BCUT2D eigenvalue weighted by atomic mass is 10.1. The van der Waals surface area contributed by atoms with Crippen molar-refractivity contribution < 1.29 is 26.2 Å². The van der Waals surface area contributed by atoms with Gasteiger partial charge in [-0.25, -0.2) is 31.1 Å². The molecule has 0 N–H and O–H groups in total. The molecule has 0 saturated carbocycles. The monoisotopic (exact) mass is 395 g/mol. The maximum Gasteiger partial charge on any atom is 0.200 e. The molecule has 1 unspecified atom stereocenters. The van der Waals surface area contributed by atoms with Crippen molar-refractivity contribution in [1.82, 2.24) is 4.98 Å². The number of halogens is 5. The minimum absolute atomic E-state index is 0.259. The van der Waals surface area contributed by atoms with Gasteiger partial charge in [-0.1, -0.05) is 30.3 Å². The highest BCUT2D eigenvalue weighted by molar-refractivity contribution is 7.85. The van der Waals surface area contributed by atoms with Crippen molar-refractivity contribution in [3.63, 3.8) is 0 Å². The average molecular weight is 395 g/mol. The molecule has 27 heavy (non-hydrogen) atoms. The fourth-order valence-corrected chi connectivity index (χ4v) is 3.43. The van der Waals surface area contributed by atoms with Crippen LogP contribution in [0.2, 0.25) is 0 Å². The molecule has 0 amide bonds. The van der Waals surface area contributed by atoms with Crippen LogP contribution in [0.5, 0.6) is 0 Å². The second-order valence-corrected chi connectivity index (χ2v) is 6.69. The fraction of sp³-hybridized carbons (Fsp3) is 0. The first-order chi connectivity index (χ1) is 12.9. The van der Waals surface area contributed by atoms with E-state index in [4.69, 9.17) is 0 Å². The van der Waals surface area contributed by atoms with E-state index in [-0.39, 0.29) is 15.5 Å². The molecule has 0 spiro atoms. The van der Waals surface area contributed by atoms with Gasteiger partial charge in [0, 0.05) is 6.20 Å². The maximum atomic E-state index is 13.8. The minimum atomic E-state index is -2.22. The van der Waals surface area contributed by atoms with Crippen LogP contribution in [0.3, 0.4) is 0 Å². The van der Waals surface area contributed by atoms with Gasteiger partial charge in [-0.05, 0) is 29.8 Å². The van der Waals surface area contributed by atoms with E-state index in [2.05, 4.69) is 4.98 Å². The van der Waals surface area contributed by atoms with Crippen LogP contribution in [0.25, 0.3) is 12.2 Å². The molecule has 3 aromatic rings. The van der Waals surface area contributed by atoms with Crippen LogP contribution in [0, 0.1) is 29.1 Å². The Balaban J connectivity index is 2.05. The van der Waals surface area contributed by atoms with Crippen LogP contribution in [0.15, 0.2) is 58.6 Å². The second-order valence-electron chi connectivity index (χ2n) is 5.29. The summed E-state index contributed by atoms with van der Waals surface area (Å²) in [6, 6.07) is 11.0. The zero-order chi connectivity index (χ0) is 19.6. The van der Waals surface area contributed by atoms with Gasteiger partial charge in [0.2, 0.25) is 5.82 Å². The molecule has 138 valence electrons. The number of aromatic nitrogens is 1. The summed E-state index contributed by atoms with van der Waals surface area (Å²) in [6.07, 6.45) is 3.35. The van der Waals surface area contributed by atoms with E-state index < -0.39 is 45.4 Å². The van der Waals surface area contributed by atoms with Crippen molar-refractivity contribution in [1.29, 1.82) is 0 Å².